The van der Waals surface area contributed by atoms with Gasteiger partial charge in [0.25, 0.3) is 0 Å². The quantitative estimate of drug-likeness (QED) is 0.0261. The van der Waals surface area contributed by atoms with Crippen molar-refractivity contribution in [2.24, 2.45) is 0 Å². The summed E-state index contributed by atoms with van der Waals surface area (Å²) in [6.45, 7) is 6.36. The van der Waals surface area contributed by atoms with Gasteiger partial charge in [-0.15, -0.1) is 0 Å². The number of carbonyl (C=O) groups excluding carboxylic acids is 3. The maximum Gasteiger partial charge on any atom is 0.306 e. The van der Waals surface area contributed by atoms with Crippen molar-refractivity contribution >= 4 is 17.9 Å². The molecule has 0 saturated heterocycles. The highest BCUT2D eigenvalue weighted by Gasteiger charge is 2.19. The van der Waals surface area contributed by atoms with Crippen molar-refractivity contribution in [3.05, 3.63) is 134 Å². The third-order valence-corrected chi connectivity index (χ3v) is 14.1. The molecular weight excluding hydrogens is 997 g/mol. The minimum atomic E-state index is -0.809. The van der Waals surface area contributed by atoms with E-state index < -0.39 is 6.10 Å². The third kappa shape index (κ3) is 66.2. The highest BCUT2D eigenvalue weighted by atomic mass is 16.6. The Morgan fingerprint density at radius 1 is 0.259 bits per heavy atom. The Labute approximate surface area is 500 Å². The van der Waals surface area contributed by atoms with Gasteiger partial charge in [-0.3, -0.25) is 14.4 Å². The molecule has 0 aliphatic heterocycles. The van der Waals surface area contributed by atoms with E-state index in [1.165, 1.54) is 148 Å². The second-order valence-electron chi connectivity index (χ2n) is 22.0. The summed E-state index contributed by atoms with van der Waals surface area (Å²) in [4.78, 5) is 38.4. The highest BCUT2D eigenvalue weighted by molar-refractivity contribution is 5.71. The van der Waals surface area contributed by atoms with Crippen molar-refractivity contribution in [3.8, 4) is 0 Å². The van der Waals surface area contributed by atoms with E-state index in [0.717, 1.165) is 109 Å². The van der Waals surface area contributed by atoms with Gasteiger partial charge in [-0.05, 0) is 128 Å². The first kappa shape index (κ1) is 76.5. The molecule has 1 unspecified atom stereocenters. The first-order valence-electron chi connectivity index (χ1n) is 33.7. The molecule has 0 spiro atoms. The first-order valence-corrected chi connectivity index (χ1v) is 33.7. The van der Waals surface area contributed by atoms with E-state index in [1.54, 1.807) is 0 Å². The van der Waals surface area contributed by atoms with Crippen molar-refractivity contribution in [2.75, 3.05) is 13.2 Å². The minimum Gasteiger partial charge on any atom is -0.462 e. The summed E-state index contributed by atoms with van der Waals surface area (Å²) in [5.41, 5.74) is 0. The lowest BCUT2D eigenvalue weighted by Gasteiger charge is -2.18. The standard InChI is InChI=1S/C75H124O6/c1-4-7-10-13-16-19-22-25-28-31-33-34-35-36-37-38-39-40-42-44-47-50-53-56-59-62-65-68-74(77)80-71-72(70-79-73(76)67-64-61-58-55-52-49-46-43-30-27-24-21-18-15-12-9-6-3)81-75(78)69-66-63-60-57-54-51-48-45-41-32-29-26-23-20-17-14-11-8-5-2/h7,9-10,12,16-21,25-30,33-34,46,49,55,58,72H,4-6,8,11,13-15,22-24,31-32,35-45,47-48,50-54,56-57,59-71H2,1-3H3/b10-7-,12-9-,19-16-,20-17-,21-18-,28-25-,29-26-,30-27-,34-33-,49-46-,58-55-. The fourth-order valence-electron chi connectivity index (χ4n) is 9.15. The molecule has 0 N–H and O–H groups in total. The van der Waals surface area contributed by atoms with E-state index in [2.05, 4.69) is 154 Å². The van der Waals surface area contributed by atoms with Gasteiger partial charge in [0.2, 0.25) is 0 Å². The smallest absolute Gasteiger partial charge is 0.306 e. The molecule has 1 atom stereocenters. The second-order valence-corrected chi connectivity index (χ2v) is 22.0. The number of unbranched alkanes of at least 4 members (excludes halogenated alkanes) is 27. The van der Waals surface area contributed by atoms with E-state index >= 15 is 0 Å². The van der Waals surface area contributed by atoms with Crippen LogP contribution in [-0.4, -0.2) is 37.2 Å². The zero-order valence-corrected chi connectivity index (χ0v) is 52.8. The predicted molar refractivity (Wildman–Crippen MR) is 353 cm³/mol. The SMILES string of the molecule is CC/C=C\C/C=C\C/C=C\C/C=C\C/C=C\CCCC(=O)OCC(COC(=O)CCCCCCCCCCCCCCCC/C=C\C/C=C\C/C=C\C/C=C\CC)OC(=O)CCCCCCCCCCC/C=C\C/C=C\CCCCC. The average Bonchev–Trinajstić information content (AvgIpc) is 3.47. The Kier molecular flexibility index (Phi) is 64.3. The summed E-state index contributed by atoms with van der Waals surface area (Å²) in [5.74, 6) is -0.959. The van der Waals surface area contributed by atoms with Crippen LogP contribution in [0.25, 0.3) is 0 Å². The Hall–Kier alpha value is -4.45. The summed E-state index contributed by atoms with van der Waals surface area (Å²) in [7, 11) is 0. The highest BCUT2D eigenvalue weighted by Crippen LogP contribution is 2.16. The zero-order valence-electron chi connectivity index (χ0n) is 52.8. The van der Waals surface area contributed by atoms with Crippen molar-refractivity contribution in [1.29, 1.82) is 0 Å². The van der Waals surface area contributed by atoms with Crippen LogP contribution in [0.15, 0.2) is 134 Å². The van der Waals surface area contributed by atoms with Gasteiger partial charge in [-0.2, -0.15) is 0 Å². The molecule has 6 nitrogen and oxygen atoms in total. The molecule has 0 saturated carbocycles. The van der Waals surface area contributed by atoms with Crippen LogP contribution in [0.3, 0.4) is 0 Å². The number of hydrogen-bond donors (Lipinski definition) is 0. The Morgan fingerprint density at radius 2 is 0.494 bits per heavy atom. The van der Waals surface area contributed by atoms with E-state index in [-0.39, 0.29) is 37.5 Å². The van der Waals surface area contributed by atoms with E-state index in [4.69, 9.17) is 14.2 Å². The van der Waals surface area contributed by atoms with Crippen LogP contribution in [-0.2, 0) is 28.6 Å². The van der Waals surface area contributed by atoms with Crippen molar-refractivity contribution in [2.45, 2.75) is 309 Å². The Bertz CT molecular complexity index is 1720. The number of ether oxygens (including phenoxy) is 3. The summed E-state index contributed by atoms with van der Waals surface area (Å²) < 4.78 is 16.9. The number of carbonyl (C=O) groups is 3. The van der Waals surface area contributed by atoms with Gasteiger partial charge < -0.3 is 14.2 Å². The maximum absolute atomic E-state index is 12.9. The molecule has 0 aliphatic carbocycles. The fraction of sp³-hybridized carbons (Fsp3) is 0.667. The van der Waals surface area contributed by atoms with Crippen LogP contribution in [0.1, 0.15) is 303 Å². The van der Waals surface area contributed by atoms with E-state index in [1.807, 2.05) is 0 Å². The number of esters is 3. The minimum absolute atomic E-state index is 0.0998. The van der Waals surface area contributed by atoms with Crippen LogP contribution in [0, 0.1) is 0 Å². The molecule has 6 heteroatoms. The van der Waals surface area contributed by atoms with E-state index in [0.29, 0.717) is 19.3 Å². The molecule has 0 aliphatic rings. The zero-order chi connectivity index (χ0) is 58.5. The molecular formula is C75H124O6. The number of rotatable bonds is 60. The van der Waals surface area contributed by atoms with Gasteiger partial charge in [0.15, 0.2) is 6.10 Å². The normalized spacial score (nSPS) is 13.0. The summed E-state index contributed by atoms with van der Waals surface area (Å²) in [6.07, 6.45) is 96.1. The molecule has 0 aromatic rings. The molecule has 0 aromatic carbocycles. The molecule has 0 aromatic heterocycles. The topological polar surface area (TPSA) is 78.9 Å². The van der Waals surface area contributed by atoms with Crippen molar-refractivity contribution in [3.63, 3.8) is 0 Å². The third-order valence-electron chi connectivity index (χ3n) is 14.1. The van der Waals surface area contributed by atoms with Crippen LogP contribution >= 0.6 is 0 Å². The van der Waals surface area contributed by atoms with Crippen LogP contribution in [0.2, 0.25) is 0 Å². The van der Waals surface area contributed by atoms with Gasteiger partial charge in [-0.25, -0.2) is 0 Å². The van der Waals surface area contributed by atoms with Crippen LogP contribution in [0.4, 0.5) is 0 Å². The second kappa shape index (κ2) is 68.1. The van der Waals surface area contributed by atoms with Gasteiger partial charge in [0.1, 0.15) is 13.2 Å². The molecule has 0 heterocycles. The molecule has 0 rings (SSSR count). The van der Waals surface area contributed by atoms with E-state index in [9.17, 15) is 14.4 Å². The van der Waals surface area contributed by atoms with Gasteiger partial charge in [0, 0.05) is 19.3 Å². The van der Waals surface area contributed by atoms with Crippen molar-refractivity contribution < 1.29 is 28.6 Å². The average molecular weight is 1120 g/mol. The molecule has 0 amide bonds. The Morgan fingerprint density at radius 3 is 0.802 bits per heavy atom. The largest absolute Gasteiger partial charge is 0.462 e. The van der Waals surface area contributed by atoms with Crippen LogP contribution in [0.5, 0.6) is 0 Å². The lowest BCUT2D eigenvalue weighted by atomic mass is 10.0. The summed E-state index contributed by atoms with van der Waals surface area (Å²) in [5, 5.41) is 0. The lowest BCUT2D eigenvalue weighted by molar-refractivity contribution is -0.167. The lowest BCUT2D eigenvalue weighted by Crippen LogP contribution is -2.30. The monoisotopic (exact) mass is 1120 g/mol. The maximum atomic E-state index is 12.9. The number of allylic oxidation sites excluding steroid dienone is 22. The van der Waals surface area contributed by atoms with Gasteiger partial charge >= 0.3 is 17.9 Å². The van der Waals surface area contributed by atoms with Gasteiger partial charge in [-0.1, -0.05) is 289 Å². The number of hydrogen-bond acceptors (Lipinski definition) is 6. The Balaban J connectivity index is 4.39. The van der Waals surface area contributed by atoms with Crippen molar-refractivity contribution in [1.82, 2.24) is 0 Å². The van der Waals surface area contributed by atoms with Crippen LogP contribution < -0.4 is 0 Å². The summed E-state index contributed by atoms with van der Waals surface area (Å²) in [6, 6.07) is 0. The molecule has 0 bridgehead atoms. The molecule has 0 radical (unpaired) electrons. The van der Waals surface area contributed by atoms with Gasteiger partial charge in [0.05, 0.1) is 0 Å². The molecule has 460 valence electrons. The first-order chi connectivity index (χ1) is 40.0. The predicted octanol–water partition coefficient (Wildman–Crippen LogP) is 23.3. The summed E-state index contributed by atoms with van der Waals surface area (Å²) >= 11 is 0. The molecule has 0 fully saturated rings. The molecule has 81 heavy (non-hydrogen) atoms. The fourth-order valence-corrected chi connectivity index (χ4v) is 9.15.